The summed E-state index contributed by atoms with van der Waals surface area (Å²) in [5.41, 5.74) is 2.67. The number of piperazine rings is 1. The van der Waals surface area contributed by atoms with Gasteiger partial charge in [0.05, 0.1) is 19.7 Å². The summed E-state index contributed by atoms with van der Waals surface area (Å²) in [6.07, 6.45) is 3.29. The molecule has 2 aromatic carbocycles. The summed E-state index contributed by atoms with van der Waals surface area (Å²) in [6.45, 7) is 5.79. The highest BCUT2D eigenvalue weighted by Crippen LogP contribution is 2.29. The van der Waals surface area contributed by atoms with Crippen LogP contribution in [0.5, 0.6) is 11.5 Å². The molecule has 6 heteroatoms. The van der Waals surface area contributed by atoms with E-state index in [0.717, 1.165) is 63.5 Å². The molecule has 0 radical (unpaired) electrons. The number of hydrogen-bond acceptors (Lipinski definition) is 5. The molecule has 0 saturated carbocycles. The molecule has 1 atom stereocenters. The van der Waals surface area contributed by atoms with Crippen molar-refractivity contribution in [2.24, 2.45) is 0 Å². The number of ether oxygens (including phenoxy) is 2. The Morgan fingerprint density at radius 2 is 1.71 bits per heavy atom. The van der Waals surface area contributed by atoms with Crippen LogP contribution in [0, 0.1) is 0 Å². The lowest BCUT2D eigenvalue weighted by Crippen LogP contribution is -2.50. The van der Waals surface area contributed by atoms with Gasteiger partial charge < -0.3 is 14.8 Å². The minimum absolute atomic E-state index is 0.137. The zero-order chi connectivity index (χ0) is 21.5. The van der Waals surface area contributed by atoms with Crippen molar-refractivity contribution < 1.29 is 14.3 Å². The van der Waals surface area contributed by atoms with Gasteiger partial charge in [0, 0.05) is 32.7 Å². The van der Waals surface area contributed by atoms with Crippen LogP contribution in [0.2, 0.25) is 0 Å². The Balaban J connectivity index is 1.15. The lowest BCUT2D eigenvalue weighted by molar-refractivity contribution is -0.123. The summed E-state index contributed by atoms with van der Waals surface area (Å²) in [6, 6.07) is 16.3. The van der Waals surface area contributed by atoms with Gasteiger partial charge in [0.15, 0.2) is 0 Å². The van der Waals surface area contributed by atoms with Crippen molar-refractivity contribution in [3.63, 3.8) is 0 Å². The summed E-state index contributed by atoms with van der Waals surface area (Å²) < 4.78 is 11.0. The van der Waals surface area contributed by atoms with E-state index < -0.39 is 0 Å². The van der Waals surface area contributed by atoms with Crippen molar-refractivity contribution in [1.29, 1.82) is 0 Å². The van der Waals surface area contributed by atoms with Crippen LogP contribution >= 0.6 is 0 Å². The molecule has 166 valence electrons. The van der Waals surface area contributed by atoms with Gasteiger partial charge in [0.25, 0.3) is 0 Å². The highest BCUT2D eigenvalue weighted by Gasteiger charge is 2.23. The van der Waals surface area contributed by atoms with Crippen molar-refractivity contribution in [1.82, 2.24) is 15.1 Å². The van der Waals surface area contributed by atoms with Crippen molar-refractivity contribution in [3.8, 4) is 11.5 Å². The first kappa shape index (κ1) is 21.7. The van der Waals surface area contributed by atoms with Crippen LogP contribution in [-0.2, 0) is 11.2 Å². The fourth-order valence-corrected chi connectivity index (χ4v) is 4.48. The van der Waals surface area contributed by atoms with E-state index in [1.54, 1.807) is 7.11 Å². The van der Waals surface area contributed by atoms with Crippen LogP contribution < -0.4 is 14.8 Å². The second-order valence-electron chi connectivity index (χ2n) is 8.35. The number of amides is 1. The average Bonchev–Trinajstić information content (AvgIpc) is 2.81. The maximum absolute atomic E-state index is 12.7. The van der Waals surface area contributed by atoms with E-state index in [1.165, 1.54) is 11.1 Å². The summed E-state index contributed by atoms with van der Waals surface area (Å²) in [5.74, 6) is 1.83. The van der Waals surface area contributed by atoms with Gasteiger partial charge in [-0.2, -0.15) is 0 Å². The molecule has 1 aliphatic carbocycles. The van der Waals surface area contributed by atoms with Gasteiger partial charge in [-0.15, -0.1) is 0 Å². The smallest absolute Gasteiger partial charge is 0.234 e. The Morgan fingerprint density at radius 1 is 1.00 bits per heavy atom. The van der Waals surface area contributed by atoms with Crippen LogP contribution in [0.3, 0.4) is 0 Å². The third-order valence-corrected chi connectivity index (χ3v) is 6.27. The van der Waals surface area contributed by atoms with Crippen molar-refractivity contribution in [3.05, 3.63) is 59.7 Å². The van der Waals surface area contributed by atoms with E-state index in [-0.39, 0.29) is 11.9 Å². The number of carbonyl (C=O) groups is 1. The molecule has 0 spiro atoms. The molecule has 1 amide bonds. The summed E-state index contributed by atoms with van der Waals surface area (Å²) >= 11 is 0. The molecule has 0 unspecified atom stereocenters. The zero-order valence-corrected chi connectivity index (χ0v) is 18.4. The van der Waals surface area contributed by atoms with Gasteiger partial charge in [-0.25, -0.2) is 0 Å². The maximum atomic E-state index is 12.7. The Kier molecular flexibility index (Phi) is 7.43. The minimum atomic E-state index is 0.137. The highest BCUT2D eigenvalue weighted by atomic mass is 16.5. The predicted octanol–water partition coefficient (Wildman–Crippen LogP) is 2.89. The summed E-state index contributed by atoms with van der Waals surface area (Å²) in [4.78, 5) is 17.3. The minimum Gasteiger partial charge on any atom is -0.497 e. The fourth-order valence-electron chi connectivity index (χ4n) is 4.48. The van der Waals surface area contributed by atoms with Crippen molar-refractivity contribution >= 4 is 5.91 Å². The van der Waals surface area contributed by atoms with Crippen molar-refractivity contribution in [2.75, 3.05) is 53.0 Å². The second kappa shape index (κ2) is 10.6. The Bertz CT molecular complexity index is 847. The predicted molar refractivity (Wildman–Crippen MR) is 122 cm³/mol. The van der Waals surface area contributed by atoms with E-state index in [1.807, 2.05) is 24.3 Å². The van der Waals surface area contributed by atoms with Crippen LogP contribution in [0.15, 0.2) is 48.5 Å². The Hall–Kier alpha value is -2.57. The van der Waals surface area contributed by atoms with E-state index >= 15 is 0 Å². The number of hydrogen-bond donors (Lipinski definition) is 1. The molecule has 31 heavy (non-hydrogen) atoms. The van der Waals surface area contributed by atoms with Crippen LogP contribution in [0.25, 0.3) is 0 Å². The largest absolute Gasteiger partial charge is 0.497 e. The maximum Gasteiger partial charge on any atom is 0.234 e. The number of benzene rings is 2. The third kappa shape index (κ3) is 5.99. The molecule has 1 fully saturated rings. The van der Waals surface area contributed by atoms with Crippen molar-refractivity contribution in [2.45, 2.75) is 25.3 Å². The lowest BCUT2D eigenvalue weighted by Gasteiger charge is -2.34. The summed E-state index contributed by atoms with van der Waals surface area (Å²) in [7, 11) is 1.66. The van der Waals surface area contributed by atoms with E-state index in [4.69, 9.17) is 9.47 Å². The van der Waals surface area contributed by atoms with Crippen LogP contribution in [0.1, 0.15) is 30.0 Å². The fraction of sp³-hybridized carbons (Fsp3) is 0.480. The number of rotatable bonds is 8. The number of nitrogens with one attached hydrogen (secondary N) is 1. The molecule has 2 aromatic rings. The molecule has 2 aliphatic rings. The quantitative estimate of drug-likeness (QED) is 0.708. The van der Waals surface area contributed by atoms with Crippen LogP contribution in [-0.4, -0.2) is 68.7 Å². The molecule has 1 aliphatic heterocycles. The monoisotopic (exact) mass is 423 g/mol. The number of methoxy groups -OCH3 is 1. The number of carbonyl (C=O) groups excluding carboxylic acids is 1. The molecule has 1 N–H and O–H groups in total. The Morgan fingerprint density at radius 3 is 2.48 bits per heavy atom. The van der Waals surface area contributed by atoms with Gasteiger partial charge in [-0.3, -0.25) is 14.6 Å². The molecule has 1 saturated heterocycles. The SMILES string of the molecule is COc1ccc(OCCN2CCN(CC(=O)N[C@@H]3CCCc4ccccc43)CC2)cc1. The van der Waals surface area contributed by atoms with Gasteiger partial charge in [0.2, 0.25) is 5.91 Å². The van der Waals surface area contributed by atoms with Crippen LogP contribution in [0.4, 0.5) is 0 Å². The topological polar surface area (TPSA) is 54.0 Å². The molecule has 4 rings (SSSR count). The van der Waals surface area contributed by atoms with Gasteiger partial charge in [-0.05, 0) is 54.7 Å². The molecular formula is C25H33N3O3. The Labute approximate surface area is 185 Å². The molecule has 1 heterocycles. The number of nitrogens with zero attached hydrogens (tertiary/aromatic N) is 2. The average molecular weight is 424 g/mol. The normalized spacial score (nSPS) is 19.5. The molecule has 6 nitrogen and oxygen atoms in total. The van der Waals surface area contributed by atoms with Gasteiger partial charge >= 0.3 is 0 Å². The first-order valence-electron chi connectivity index (χ1n) is 11.3. The highest BCUT2D eigenvalue weighted by molar-refractivity contribution is 5.78. The number of aryl methyl sites for hydroxylation is 1. The molecule has 0 aromatic heterocycles. The summed E-state index contributed by atoms with van der Waals surface area (Å²) in [5, 5.41) is 3.27. The standard InChI is InChI=1S/C25H33N3O3/c1-30-21-9-11-22(12-10-21)31-18-17-27-13-15-28(16-14-27)19-25(29)26-24-8-4-6-20-5-2-3-7-23(20)24/h2-3,5,7,9-12,24H,4,6,8,13-19H2,1H3,(H,26,29)/t24-/m1/s1. The molecule has 0 bridgehead atoms. The lowest BCUT2D eigenvalue weighted by atomic mass is 9.88. The van der Waals surface area contributed by atoms with Gasteiger partial charge in [0.1, 0.15) is 18.1 Å². The first-order chi connectivity index (χ1) is 15.2. The van der Waals surface area contributed by atoms with E-state index in [9.17, 15) is 4.79 Å². The van der Waals surface area contributed by atoms with Gasteiger partial charge in [-0.1, -0.05) is 24.3 Å². The van der Waals surface area contributed by atoms with E-state index in [0.29, 0.717) is 13.2 Å². The zero-order valence-electron chi connectivity index (χ0n) is 18.4. The van der Waals surface area contributed by atoms with E-state index in [2.05, 4.69) is 39.4 Å². The number of fused-ring (bicyclic) bond motifs is 1. The third-order valence-electron chi connectivity index (χ3n) is 6.27. The molecular weight excluding hydrogens is 390 g/mol. The second-order valence-corrected chi connectivity index (χ2v) is 8.35. The first-order valence-corrected chi connectivity index (χ1v) is 11.3.